The Morgan fingerprint density at radius 1 is 1.16 bits per heavy atom. The highest BCUT2D eigenvalue weighted by Crippen LogP contribution is 2.27. The van der Waals surface area contributed by atoms with E-state index in [1.165, 1.54) is 0 Å². The quantitative estimate of drug-likeness (QED) is 0.824. The van der Waals surface area contributed by atoms with Gasteiger partial charge >= 0.3 is 0 Å². The van der Waals surface area contributed by atoms with E-state index in [0.717, 1.165) is 17.1 Å². The van der Waals surface area contributed by atoms with E-state index in [9.17, 15) is 0 Å². The van der Waals surface area contributed by atoms with Crippen molar-refractivity contribution < 1.29 is 0 Å². The maximum atomic E-state index is 8.96. The molecule has 0 amide bonds. The number of para-hydroxylation sites is 1. The molecule has 0 saturated heterocycles. The number of benzene rings is 2. The highest BCUT2D eigenvalue weighted by Gasteiger charge is 2.05. The lowest BCUT2D eigenvalue weighted by Gasteiger charge is -2.15. The molecule has 0 fully saturated rings. The van der Waals surface area contributed by atoms with Crippen molar-refractivity contribution in [3.05, 3.63) is 48.0 Å². The predicted octanol–water partition coefficient (Wildman–Crippen LogP) is 2.95. The van der Waals surface area contributed by atoms with Crippen molar-refractivity contribution in [1.29, 1.82) is 5.26 Å². The van der Waals surface area contributed by atoms with E-state index in [1.807, 2.05) is 55.4 Å². The minimum absolute atomic E-state index is 0.472. The average molecular weight is 252 g/mol. The lowest BCUT2D eigenvalue weighted by atomic mass is 10.1. The molecule has 2 aromatic rings. The summed E-state index contributed by atoms with van der Waals surface area (Å²) in [6.45, 7) is 0. The van der Waals surface area contributed by atoms with Crippen LogP contribution in [0.2, 0.25) is 0 Å². The second-order valence-corrected chi connectivity index (χ2v) is 4.45. The van der Waals surface area contributed by atoms with Gasteiger partial charge in [-0.25, -0.2) is 0 Å². The lowest BCUT2D eigenvalue weighted by Crippen LogP contribution is -2.08. The number of anilines is 4. The number of nitrogens with zero attached hydrogens (tertiary/aromatic N) is 2. The van der Waals surface area contributed by atoms with E-state index < -0.39 is 0 Å². The SMILES string of the molecule is CN(C)c1cccc(Nc2cccc(C#N)c2N)c1. The van der Waals surface area contributed by atoms with Gasteiger partial charge in [0.25, 0.3) is 0 Å². The Kier molecular flexibility index (Phi) is 3.58. The van der Waals surface area contributed by atoms with E-state index >= 15 is 0 Å². The maximum absolute atomic E-state index is 8.96. The molecular weight excluding hydrogens is 236 g/mol. The van der Waals surface area contributed by atoms with Gasteiger partial charge < -0.3 is 16.0 Å². The Bertz CT molecular complexity index is 626. The van der Waals surface area contributed by atoms with Gasteiger partial charge in [-0.05, 0) is 30.3 Å². The van der Waals surface area contributed by atoms with Crippen molar-refractivity contribution in [2.45, 2.75) is 0 Å². The first-order valence-electron chi connectivity index (χ1n) is 5.95. The third-order valence-corrected chi connectivity index (χ3v) is 2.87. The molecule has 2 aromatic carbocycles. The second-order valence-electron chi connectivity index (χ2n) is 4.45. The number of nitrogens with two attached hydrogens (primary N) is 1. The predicted molar refractivity (Wildman–Crippen MR) is 79.6 cm³/mol. The van der Waals surface area contributed by atoms with Gasteiger partial charge in [-0.3, -0.25) is 0 Å². The first-order valence-corrected chi connectivity index (χ1v) is 5.95. The Labute approximate surface area is 113 Å². The molecular formula is C15H16N4. The number of nitriles is 1. The maximum Gasteiger partial charge on any atom is 0.101 e. The topological polar surface area (TPSA) is 65.1 Å². The molecule has 0 aliphatic rings. The highest BCUT2D eigenvalue weighted by molar-refractivity contribution is 5.78. The Hall–Kier alpha value is -2.67. The number of hydrogen-bond acceptors (Lipinski definition) is 4. The summed E-state index contributed by atoms with van der Waals surface area (Å²) in [5.41, 5.74) is 9.68. The molecule has 4 heteroatoms. The summed E-state index contributed by atoms with van der Waals surface area (Å²) < 4.78 is 0. The fourth-order valence-electron chi connectivity index (χ4n) is 1.79. The monoisotopic (exact) mass is 252 g/mol. The molecule has 0 aromatic heterocycles. The zero-order valence-corrected chi connectivity index (χ0v) is 11.0. The summed E-state index contributed by atoms with van der Waals surface area (Å²) in [6, 6.07) is 15.4. The standard InChI is InChI=1S/C15H16N4/c1-19(2)13-7-4-6-12(9-13)18-14-8-3-5-11(10-16)15(14)17/h3-9,18H,17H2,1-2H3. The number of nitrogen functional groups attached to an aromatic ring is 1. The van der Waals surface area contributed by atoms with Gasteiger partial charge in [0, 0.05) is 25.5 Å². The van der Waals surface area contributed by atoms with Gasteiger partial charge in [-0.1, -0.05) is 12.1 Å². The largest absolute Gasteiger partial charge is 0.396 e. The van der Waals surface area contributed by atoms with E-state index in [-0.39, 0.29) is 0 Å². The first kappa shape index (κ1) is 12.8. The van der Waals surface area contributed by atoms with Gasteiger partial charge in [0.2, 0.25) is 0 Å². The molecule has 96 valence electrons. The number of nitrogens with one attached hydrogen (secondary N) is 1. The summed E-state index contributed by atoms with van der Waals surface area (Å²) in [4.78, 5) is 2.03. The molecule has 0 radical (unpaired) electrons. The van der Waals surface area contributed by atoms with E-state index in [2.05, 4.69) is 11.4 Å². The van der Waals surface area contributed by atoms with Crippen LogP contribution >= 0.6 is 0 Å². The fourth-order valence-corrected chi connectivity index (χ4v) is 1.79. The minimum atomic E-state index is 0.472. The van der Waals surface area contributed by atoms with Crippen molar-refractivity contribution >= 4 is 22.7 Å². The zero-order valence-electron chi connectivity index (χ0n) is 11.0. The molecule has 2 rings (SSSR count). The highest BCUT2D eigenvalue weighted by atomic mass is 15.1. The van der Waals surface area contributed by atoms with Crippen LogP contribution in [0.3, 0.4) is 0 Å². The van der Waals surface area contributed by atoms with Crippen LogP contribution < -0.4 is 16.0 Å². The molecule has 0 atom stereocenters. The van der Waals surface area contributed by atoms with E-state index in [1.54, 1.807) is 6.07 Å². The number of hydrogen-bond donors (Lipinski definition) is 2. The fraction of sp³-hybridized carbons (Fsp3) is 0.133. The molecule has 0 heterocycles. The molecule has 0 spiro atoms. The molecule has 19 heavy (non-hydrogen) atoms. The third-order valence-electron chi connectivity index (χ3n) is 2.87. The van der Waals surface area contributed by atoms with Gasteiger partial charge in [-0.2, -0.15) is 5.26 Å². The number of rotatable bonds is 3. The summed E-state index contributed by atoms with van der Waals surface area (Å²) in [5, 5.41) is 12.2. The molecule has 4 nitrogen and oxygen atoms in total. The normalized spacial score (nSPS) is 9.74. The van der Waals surface area contributed by atoms with Crippen molar-refractivity contribution in [3.8, 4) is 6.07 Å². The second kappa shape index (κ2) is 5.32. The summed E-state index contributed by atoms with van der Waals surface area (Å²) in [7, 11) is 3.98. The smallest absolute Gasteiger partial charge is 0.101 e. The van der Waals surface area contributed by atoms with Crippen molar-refractivity contribution in [1.82, 2.24) is 0 Å². The third kappa shape index (κ3) is 2.78. The zero-order chi connectivity index (χ0) is 13.8. The molecule has 0 aliphatic carbocycles. The van der Waals surface area contributed by atoms with Crippen LogP contribution in [0.15, 0.2) is 42.5 Å². The average Bonchev–Trinajstić information content (AvgIpc) is 2.41. The van der Waals surface area contributed by atoms with Gasteiger partial charge in [0.15, 0.2) is 0 Å². The van der Waals surface area contributed by atoms with Crippen molar-refractivity contribution in [2.75, 3.05) is 30.0 Å². The summed E-state index contributed by atoms with van der Waals surface area (Å²) in [6.07, 6.45) is 0. The van der Waals surface area contributed by atoms with Crippen LogP contribution in [0.1, 0.15) is 5.56 Å². The summed E-state index contributed by atoms with van der Waals surface area (Å²) >= 11 is 0. The van der Waals surface area contributed by atoms with Crippen LogP contribution in [0, 0.1) is 11.3 Å². The van der Waals surface area contributed by atoms with Crippen molar-refractivity contribution in [2.24, 2.45) is 0 Å². The van der Waals surface area contributed by atoms with Crippen LogP contribution in [0.4, 0.5) is 22.7 Å². The van der Waals surface area contributed by atoms with Crippen LogP contribution in [-0.2, 0) is 0 Å². The molecule has 0 unspecified atom stereocenters. The van der Waals surface area contributed by atoms with Crippen LogP contribution in [-0.4, -0.2) is 14.1 Å². The minimum Gasteiger partial charge on any atom is -0.396 e. The van der Waals surface area contributed by atoms with Gasteiger partial charge in [0.05, 0.1) is 16.9 Å². The molecule has 3 N–H and O–H groups in total. The lowest BCUT2D eigenvalue weighted by molar-refractivity contribution is 1.13. The Morgan fingerprint density at radius 3 is 2.58 bits per heavy atom. The Balaban J connectivity index is 2.32. The van der Waals surface area contributed by atoms with Crippen molar-refractivity contribution in [3.63, 3.8) is 0 Å². The molecule has 0 saturated carbocycles. The van der Waals surface area contributed by atoms with E-state index in [0.29, 0.717) is 11.3 Å². The first-order chi connectivity index (χ1) is 9.11. The molecule has 0 aliphatic heterocycles. The molecule has 0 bridgehead atoms. The van der Waals surface area contributed by atoms with Gasteiger partial charge in [0.1, 0.15) is 6.07 Å². The summed E-state index contributed by atoms with van der Waals surface area (Å²) in [5.74, 6) is 0. The van der Waals surface area contributed by atoms with Crippen LogP contribution in [0.5, 0.6) is 0 Å². The van der Waals surface area contributed by atoms with E-state index in [4.69, 9.17) is 11.0 Å². The van der Waals surface area contributed by atoms with Crippen LogP contribution in [0.25, 0.3) is 0 Å². The Morgan fingerprint density at radius 2 is 1.89 bits per heavy atom. The van der Waals surface area contributed by atoms with Gasteiger partial charge in [-0.15, -0.1) is 0 Å².